The summed E-state index contributed by atoms with van der Waals surface area (Å²) in [5.74, 6) is 0.907. The Balaban J connectivity index is 1.61. The standard InChI is InChI=1S/C24H29N3O3/c1-3-14-27(23(28)4-2)17-20-11-8-15-26(20)18-21-12-13-22(30-21)24(29)25-16-19-9-6-5-7-10-19/h5-13,15H,3-4,14,16-18H2,1-2H3,(H,25,29). The summed E-state index contributed by atoms with van der Waals surface area (Å²) in [5, 5.41) is 2.87. The van der Waals surface area contributed by atoms with Crippen LogP contribution in [0.2, 0.25) is 0 Å². The molecule has 158 valence electrons. The average Bonchev–Trinajstić information content (AvgIpc) is 3.42. The van der Waals surface area contributed by atoms with E-state index in [2.05, 4.69) is 16.8 Å². The summed E-state index contributed by atoms with van der Waals surface area (Å²) in [4.78, 5) is 26.4. The third-order valence-electron chi connectivity index (χ3n) is 4.93. The predicted octanol–water partition coefficient (Wildman–Crippen LogP) is 4.21. The van der Waals surface area contributed by atoms with Gasteiger partial charge in [0, 0.05) is 31.4 Å². The first-order valence-electron chi connectivity index (χ1n) is 10.4. The van der Waals surface area contributed by atoms with Crippen molar-refractivity contribution in [1.82, 2.24) is 14.8 Å². The fraction of sp³-hybridized carbons (Fsp3) is 0.333. The fourth-order valence-corrected chi connectivity index (χ4v) is 3.35. The summed E-state index contributed by atoms with van der Waals surface area (Å²) in [6.07, 6.45) is 3.39. The van der Waals surface area contributed by atoms with Gasteiger partial charge in [-0.2, -0.15) is 0 Å². The summed E-state index contributed by atoms with van der Waals surface area (Å²) in [5.41, 5.74) is 2.07. The number of rotatable bonds is 10. The number of hydrogen-bond acceptors (Lipinski definition) is 3. The molecule has 30 heavy (non-hydrogen) atoms. The molecule has 0 aliphatic rings. The molecule has 6 heteroatoms. The van der Waals surface area contributed by atoms with Gasteiger partial charge in [-0.1, -0.05) is 44.2 Å². The minimum atomic E-state index is -0.236. The van der Waals surface area contributed by atoms with Gasteiger partial charge >= 0.3 is 0 Å². The Labute approximate surface area is 177 Å². The Morgan fingerprint density at radius 2 is 1.83 bits per heavy atom. The molecular formula is C24H29N3O3. The van der Waals surface area contributed by atoms with Gasteiger partial charge in [0.05, 0.1) is 13.1 Å². The molecule has 0 fully saturated rings. The van der Waals surface area contributed by atoms with Crippen LogP contribution >= 0.6 is 0 Å². The molecule has 0 aliphatic heterocycles. The molecule has 3 rings (SSSR count). The number of nitrogens with zero attached hydrogens (tertiary/aromatic N) is 2. The fourth-order valence-electron chi connectivity index (χ4n) is 3.35. The molecule has 1 aromatic carbocycles. The Morgan fingerprint density at radius 3 is 2.57 bits per heavy atom. The molecule has 1 N–H and O–H groups in total. The molecule has 2 amide bonds. The molecule has 0 saturated carbocycles. The summed E-state index contributed by atoms with van der Waals surface area (Å²) in [6.45, 7) is 6.23. The van der Waals surface area contributed by atoms with E-state index in [1.807, 2.05) is 66.6 Å². The largest absolute Gasteiger partial charge is 0.454 e. The average molecular weight is 408 g/mol. The van der Waals surface area contributed by atoms with Crippen LogP contribution in [0, 0.1) is 0 Å². The minimum absolute atomic E-state index is 0.153. The van der Waals surface area contributed by atoms with Gasteiger partial charge in [0.15, 0.2) is 5.76 Å². The van der Waals surface area contributed by atoms with Crippen molar-refractivity contribution >= 4 is 11.8 Å². The van der Waals surface area contributed by atoms with E-state index in [-0.39, 0.29) is 11.8 Å². The van der Waals surface area contributed by atoms with Crippen LogP contribution < -0.4 is 5.32 Å². The molecule has 0 aliphatic carbocycles. The summed E-state index contributed by atoms with van der Waals surface area (Å²) in [7, 11) is 0. The maximum atomic E-state index is 12.4. The lowest BCUT2D eigenvalue weighted by Gasteiger charge is -2.22. The first-order valence-corrected chi connectivity index (χ1v) is 10.4. The Bertz CT molecular complexity index is 959. The summed E-state index contributed by atoms with van der Waals surface area (Å²) in [6, 6.07) is 17.3. The molecule has 2 aromatic heterocycles. The Kier molecular flexibility index (Phi) is 7.49. The van der Waals surface area contributed by atoms with Gasteiger partial charge < -0.3 is 19.2 Å². The van der Waals surface area contributed by atoms with E-state index in [1.54, 1.807) is 6.07 Å². The smallest absolute Gasteiger partial charge is 0.287 e. The third-order valence-corrected chi connectivity index (χ3v) is 4.93. The van der Waals surface area contributed by atoms with Gasteiger partial charge in [0.1, 0.15) is 5.76 Å². The van der Waals surface area contributed by atoms with E-state index in [9.17, 15) is 9.59 Å². The van der Waals surface area contributed by atoms with Crippen LogP contribution in [0.25, 0.3) is 0 Å². The van der Waals surface area contributed by atoms with E-state index >= 15 is 0 Å². The second kappa shape index (κ2) is 10.5. The van der Waals surface area contributed by atoms with E-state index in [1.165, 1.54) is 0 Å². The van der Waals surface area contributed by atoms with Crippen LogP contribution in [0.15, 0.2) is 65.2 Å². The van der Waals surface area contributed by atoms with Gasteiger partial charge in [-0.25, -0.2) is 0 Å². The third kappa shape index (κ3) is 5.63. The van der Waals surface area contributed by atoms with Crippen LogP contribution in [0.1, 0.15) is 54.3 Å². The molecule has 0 spiro atoms. The molecule has 0 bridgehead atoms. The minimum Gasteiger partial charge on any atom is -0.454 e. The highest BCUT2D eigenvalue weighted by Crippen LogP contribution is 2.14. The lowest BCUT2D eigenvalue weighted by Crippen LogP contribution is -2.31. The highest BCUT2D eigenvalue weighted by Gasteiger charge is 2.15. The van der Waals surface area contributed by atoms with E-state index in [0.29, 0.717) is 37.6 Å². The zero-order valence-electron chi connectivity index (χ0n) is 17.6. The van der Waals surface area contributed by atoms with E-state index in [4.69, 9.17) is 4.42 Å². The van der Waals surface area contributed by atoms with Gasteiger partial charge in [0.25, 0.3) is 5.91 Å². The maximum absolute atomic E-state index is 12.4. The lowest BCUT2D eigenvalue weighted by atomic mass is 10.2. The molecule has 2 heterocycles. The van der Waals surface area contributed by atoms with Crippen LogP contribution in [-0.4, -0.2) is 27.8 Å². The van der Waals surface area contributed by atoms with Crippen molar-refractivity contribution in [3.63, 3.8) is 0 Å². The van der Waals surface area contributed by atoms with Gasteiger partial charge in [-0.3, -0.25) is 9.59 Å². The molecular weight excluding hydrogens is 378 g/mol. The van der Waals surface area contributed by atoms with Crippen LogP contribution in [0.3, 0.4) is 0 Å². The molecule has 6 nitrogen and oxygen atoms in total. The Morgan fingerprint density at radius 1 is 1.03 bits per heavy atom. The highest BCUT2D eigenvalue weighted by molar-refractivity contribution is 5.91. The highest BCUT2D eigenvalue weighted by atomic mass is 16.4. The molecule has 0 radical (unpaired) electrons. The van der Waals surface area contributed by atoms with Gasteiger partial charge in [-0.15, -0.1) is 0 Å². The van der Waals surface area contributed by atoms with Crippen molar-refractivity contribution in [1.29, 1.82) is 0 Å². The topological polar surface area (TPSA) is 67.5 Å². The van der Waals surface area contributed by atoms with E-state index in [0.717, 1.165) is 24.2 Å². The number of carbonyl (C=O) groups excluding carboxylic acids is 2. The summed E-state index contributed by atoms with van der Waals surface area (Å²) >= 11 is 0. The first-order chi connectivity index (χ1) is 14.6. The van der Waals surface area contributed by atoms with Crippen LogP contribution in [-0.2, 0) is 24.4 Å². The lowest BCUT2D eigenvalue weighted by molar-refractivity contribution is -0.131. The SMILES string of the molecule is CCCN(Cc1cccn1Cc1ccc(C(=O)NCc2ccccc2)o1)C(=O)CC. The number of aromatic nitrogens is 1. The maximum Gasteiger partial charge on any atom is 0.287 e. The number of carbonyl (C=O) groups is 2. The first kappa shape index (κ1) is 21.4. The number of benzene rings is 1. The van der Waals surface area contributed by atoms with Crippen LogP contribution in [0.4, 0.5) is 0 Å². The number of amides is 2. The number of hydrogen-bond donors (Lipinski definition) is 1. The summed E-state index contributed by atoms with van der Waals surface area (Å²) < 4.78 is 7.82. The van der Waals surface area contributed by atoms with Crippen LogP contribution in [0.5, 0.6) is 0 Å². The molecule has 0 unspecified atom stereocenters. The predicted molar refractivity (Wildman–Crippen MR) is 116 cm³/mol. The number of furan rings is 1. The van der Waals surface area contributed by atoms with Crippen molar-refractivity contribution in [2.24, 2.45) is 0 Å². The quantitative estimate of drug-likeness (QED) is 0.547. The van der Waals surface area contributed by atoms with Gasteiger partial charge in [0.2, 0.25) is 5.91 Å². The van der Waals surface area contributed by atoms with Gasteiger partial charge in [-0.05, 0) is 36.2 Å². The molecule has 3 aromatic rings. The second-order valence-electron chi connectivity index (χ2n) is 7.23. The monoisotopic (exact) mass is 407 g/mol. The van der Waals surface area contributed by atoms with Crippen molar-refractivity contribution in [2.75, 3.05) is 6.54 Å². The van der Waals surface area contributed by atoms with E-state index < -0.39 is 0 Å². The zero-order chi connectivity index (χ0) is 21.3. The zero-order valence-corrected chi connectivity index (χ0v) is 17.6. The second-order valence-corrected chi connectivity index (χ2v) is 7.23. The Hall–Kier alpha value is -3.28. The molecule has 0 atom stereocenters. The van der Waals surface area contributed by atoms with Crippen molar-refractivity contribution < 1.29 is 14.0 Å². The van der Waals surface area contributed by atoms with Crippen molar-refractivity contribution in [2.45, 2.75) is 46.3 Å². The number of nitrogens with one attached hydrogen (secondary N) is 1. The van der Waals surface area contributed by atoms with Crippen molar-refractivity contribution in [3.05, 3.63) is 83.6 Å². The van der Waals surface area contributed by atoms with Crippen molar-refractivity contribution in [3.8, 4) is 0 Å². The normalized spacial score (nSPS) is 10.7. The molecule has 0 saturated heterocycles.